The number of carbonyl (C=O) groups is 2. The summed E-state index contributed by atoms with van der Waals surface area (Å²) in [6.07, 6.45) is 4.03. The molecule has 0 spiro atoms. The van der Waals surface area contributed by atoms with E-state index in [2.05, 4.69) is 4.98 Å². The van der Waals surface area contributed by atoms with E-state index in [0.29, 0.717) is 37.3 Å². The highest BCUT2D eigenvalue weighted by Crippen LogP contribution is 2.21. The number of piperazine rings is 1. The molecule has 1 saturated heterocycles. The SMILES string of the molecule is CCc1cc(C(=O)N2CCN(C(=O)c3ccncc3)CC2)ccc1OC. The second-order valence-electron chi connectivity index (χ2n) is 6.20. The van der Waals surface area contributed by atoms with Crippen molar-refractivity contribution in [2.45, 2.75) is 13.3 Å². The molecule has 26 heavy (non-hydrogen) atoms. The third-order valence-electron chi connectivity index (χ3n) is 4.69. The van der Waals surface area contributed by atoms with Crippen LogP contribution in [-0.2, 0) is 6.42 Å². The summed E-state index contributed by atoms with van der Waals surface area (Å²) < 4.78 is 5.33. The number of amides is 2. The fraction of sp³-hybridized carbons (Fsp3) is 0.350. The number of benzene rings is 1. The van der Waals surface area contributed by atoms with Gasteiger partial charge in [-0.05, 0) is 42.3 Å². The Bertz CT molecular complexity index is 784. The minimum absolute atomic E-state index is 0.00152. The van der Waals surface area contributed by atoms with E-state index in [1.807, 2.05) is 19.1 Å². The first kappa shape index (κ1) is 17.9. The average Bonchev–Trinajstić information content (AvgIpc) is 2.73. The standard InChI is InChI=1S/C20H23N3O3/c1-3-15-14-17(4-5-18(15)26-2)20(25)23-12-10-22(11-13-23)19(24)16-6-8-21-9-7-16/h4-9,14H,3,10-13H2,1-2H3. The van der Waals surface area contributed by atoms with Gasteiger partial charge in [0.25, 0.3) is 11.8 Å². The fourth-order valence-electron chi connectivity index (χ4n) is 3.16. The predicted octanol–water partition coefficient (Wildman–Crippen LogP) is 2.25. The van der Waals surface area contributed by atoms with Gasteiger partial charge in [0.15, 0.2) is 0 Å². The van der Waals surface area contributed by atoms with Crippen LogP contribution >= 0.6 is 0 Å². The van der Waals surface area contributed by atoms with E-state index in [1.54, 1.807) is 47.5 Å². The Morgan fingerprint density at radius 3 is 2.08 bits per heavy atom. The highest BCUT2D eigenvalue weighted by Gasteiger charge is 2.25. The summed E-state index contributed by atoms with van der Waals surface area (Å²) in [5.41, 5.74) is 2.31. The molecule has 1 aromatic heterocycles. The van der Waals surface area contributed by atoms with Gasteiger partial charge in [-0.25, -0.2) is 0 Å². The minimum atomic E-state index is -0.0165. The van der Waals surface area contributed by atoms with Crippen LogP contribution in [-0.4, -0.2) is 59.9 Å². The lowest BCUT2D eigenvalue weighted by molar-refractivity contribution is 0.0535. The predicted molar refractivity (Wildman–Crippen MR) is 98.4 cm³/mol. The molecule has 0 bridgehead atoms. The zero-order valence-corrected chi connectivity index (χ0v) is 15.1. The van der Waals surface area contributed by atoms with E-state index in [9.17, 15) is 9.59 Å². The number of nitrogens with zero attached hydrogens (tertiary/aromatic N) is 3. The van der Waals surface area contributed by atoms with Gasteiger partial charge >= 0.3 is 0 Å². The van der Waals surface area contributed by atoms with Gasteiger partial charge in [-0.1, -0.05) is 6.92 Å². The Labute approximate surface area is 153 Å². The van der Waals surface area contributed by atoms with Crippen LogP contribution in [0.4, 0.5) is 0 Å². The van der Waals surface area contributed by atoms with Crippen LogP contribution in [0.25, 0.3) is 0 Å². The van der Waals surface area contributed by atoms with Crippen molar-refractivity contribution in [3.8, 4) is 5.75 Å². The number of aryl methyl sites for hydroxylation is 1. The Morgan fingerprint density at radius 1 is 0.962 bits per heavy atom. The molecule has 1 aromatic carbocycles. The van der Waals surface area contributed by atoms with Crippen LogP contribution in [0.5, 0.6) is 5.75 Å². The number of hydrogen-bond donors (Lipinski definition) is 0. The fourth-order valence-corrected chi connectivity index (χ4v) is 3.16. The summed E-state index contributed by atoms with van der Waals surface area (Å²) in [5.74, 6) is 0.785. The zero-order chi connectivity index (χ0) is 18.5. The highest BCUT2D eigenvalue weighted by molar-refractivity contribution is 5.96. The Hall–Kier alpha value is -2.89. The minimum Gasteiger partial charge on any atom is -0.496 e. The van der Waals surface area contributed by atoms with Crippen molar-refractivity contribution in [1.29, 1.82) is 0 Å². The molecular formula is C20H23N3O3. The molecule has 0 aliphatic carbocycles. The first-order valence-electron chi connectivity index (χ1n) is 8.79. The maximum Gasteiger partial charge on any atom is 0.254 e. The van der Waals surface area contributed by atoms with Crippen LogP contribution in [0.2, 0.25) is 0 Å². The van der Waals surface area contributed by atoms with E-state index < -0.39 is 0 Å². The molecule has 1 aliphatic rings. The van der Waals surface area contributed by atoms with Crippen molar-refractivity contribution in [3.63, 3.8) is 0 Å². The van der Waals surface area contributed by atoms with E-state index in [4.69, 9.17) is 4.74 Å². The first-order valence-corrected chi connectivity index (χ1v) is 8.79. The molecule has 0 radical (unpaired) electrons. The second-order valence-corrected chi connectivity index (χ2v) is 6.20. The lowest BCUT2D eigenvalue weighted by atomic mass is 10.1. The summed E-state index contributed by atoms with van der Waals surface area (Å²) in [6, 6.07) is 8.97. The monoisotopic (exact) mass is 353 g/mol. The van der Waals surface area contributed by atoms with Gasteiger partial charge in [-0.2, -0.15) is 0 Å². The maximum atomic E-state index is 12.8. The number of carbonyl (C=O) groups excluding carboxylic acids is 2. The normalized spacial score (nSPS) is 14.2. The molecule has 6 heteroatoms. The van der Waals surface area contributed by atoms with Crippen LogP contribution in [0.1, 0.15) is 33.2 Å². The van der Waals surface area contributed by atoms with Crippen LogP contribution in [0.15, 0.2) is 42.7 Å². The average molecular weight is 353 g/mol. The van der Waals surface area contributed by atoms with Crippen molar-refractivity contribution < 1.29 is 14.3 Å². The van der Waals surface area contributed by atoms with E-state index >= 15 is 0 Å². The summed E-state index contributed by atoms with van der Waals surface area (Å²) >= 11 is 0. The number of ether oxygens (including phenoxy) is 1. The van der Waals surface area contributed by atoms with Gasteiger partial charge in [-0.15, -0.1) is 0 Å². The molecule has 136 valence electrons. The molecule has 3 rings (SSSR count). The number of hydrogen-bond acceptors (Lipinski definition) is 4. The third kappa shape index (κ3) is 3.69. The summed E-state index contributed by atoms with van der Waals surface area (Å²) in [6.45, 7) is 4.16. The number of rotatable bonds is 4. The van der Waals surface area contributed by atoms with Crippen molar-refractivity contribution in [2.24, 2.45) is 0 Å². The molecule has 2 aromatic rings. The topological polar surface area (TPSA) is 62.7 Å². The maximum absolute atomic E-state index is 12.8. The van der Waals surface area contributed by atoms with Crippen molar-refractivity contribution in [2.75, 3.05) is 33.3 Å². The third-order valence-corrected chi connectivity index (χ3v) is 4.69. The van der Waals surface area contributed by atoms with E-state index in [1.165, 1.54) is 0 Å². The van der Waals surface area contributed by atoms with Crippen LogP contribution in [0, 0.1) is 0 Å². The summed E-state index contributed by atoms with van der Waals surface area (Å²) in [7, 11) is 1.63. The Balaban J connectivity index is 1.64. The largest absolute Gasteiger partial charge is 0.496 e. The first-order chi connectivity index (χ1) is 12.6. The van der Waals surface area contributed by atoms with Crippen molar-refractivity contribution in [3.05, 3.63) is 59.4 Å². The van der Waals surface area contributed by atoms with Crippen molar-refractivity contribution >= 4 is 11.8 Å². The zero-order valence-electron chi connectivity index (χ0n) is 15.1. The number of pyridine rings is 1. The highest BCUT2D eigenvalue weighted by atomic mass is 16.5. The Morgan fingerprint density at radius 2 is 1.54 bits per heavy atom. The molecule has 0 saturated carbocycles. The molecule has 1 fully saturated rings. The lowest BCUT2D eigenvalue weighted by Crippen LogP contribution is -2.50. The molecule has 2 heterocycles. The number of aromatic nitrogens is 1. The molecular weight excluding hydrogens is 330 g/mol. The quantitative estimate of drug-likeness (QED) is 0.846. The smallest absolute Gasteiger partial charge is 0.254 e. The summed E-state index contributed by atoms with van der Waals surface area (Å²) in [5, 5.41) is 0. The van der Waals surface area contributed by atoms with Gasteiger partial charge < -0.3 is 14.5 Å². The van der Waals surface area contributed by atoms with Gasteiger partial charge in [0, 0.05) is 49.7 Å². The lowest BCUT2D eigenvalue weighted by Gasteiger charge is -2.35. The van der Waals surface area contributed by atoms with Gasteiger partial charge in [0.05, 0.1) is 7.11 Å². The Kier molecular flexibility index (Phi) is 5.51. The molecule has 2 amide bonds. The molecule has 6 nitrogen and oxygen atoms in total. The molecule has 0 unspecified atom stereocenters. The van der Waals surface area contributed by atoms with Crippen LogP contribution < -0.4 is 4.74 Å². The number of methoxy groups -OCH3 is 1. The van der Waals surface area contributed by atoms with Crippen molar-refractivity contribution in [1.82, 2.24) is 14.8 Å². The second kappa shape index (κ2) is 7.99. The van der Waals surface area contributed by atoms with Crippen LogP contribution in [0.3, 0.4) is 0 Å². The van der Waals surface area contributed by atoms with Gasteiger partial charge in [0.2, 0.25) is 0 Å². The van der Waals surface area contributed by atoms with E-state index in [-0.39, 0.29) is 11.8 Å². The van der Waals surface area contributed by atoms with Gasteiger partial charge in [0.1, 0.15) is 5.75 Å². The molecule has 0 N–H and O–H groups in total. The molecule has 1 aliphatic heterocycles. The summed E-state index contributed by atoms with van der Waals surface area (Å²) in [4.78, 5) is 32.8. The van der Waals surface area contributed by atoms with E-state index in [0.717, 1.165) is 17.7 Å². The molecule has 0 atom stereocenters. The van der Waals surface area contributed by atoms with Gasteiger partial charge in [-0.3, -0.25) is 14.6 Å².